The fraction of sp³-hybridized carbons (Fsp3) is 0.890. The van der Waals surface area contributed by atoms with Crippen molar-refractivity contribution < 1.29 is 80.2 Å². The highest BCUT2D eigenvalue weighted by atomic mass is 31.2. The molecule has 3 unspecified atom stereocenters. The summed E-state index contributed by atoms with van der Waals surface area (Å²) in [5, 5.41) is 10.6. The van der Waals surface area contributed by atoms with Gasteiger partial charge in [-0.15, -0.1) is 0 Å². The van der Waals surface area contributed by atoms with Gasteiger partial charge in [0.25, 0.3) is 0 Å². The molecule has 0 aliphatic rings. The fourth-order valence-electron chi connectivity index (χ4n) is 10.5. The molecule has 0 spiro atoms. The lowest BCUT2D eigenvalue weighted by atomic mass is 10.0. The third kappa shape index (κ3) is 66.2. The second-order valence-electron chi connectivity index (χ2n) is 27.1. The summed E-state index contributed by atoms with van der Waals surface area (Å²) in [5.41, 5.74) is 0. The average Bonchev–Trinajstić information content (AvgIpc) is 3.33. The molecule has 5 atom stereocenters. The van der Waals surface area contributed by atoms with E-state index >= 15 is 0 Å². The van der Waals surface area contributed by atoms with Gasteiger partial charge in [0, 0.05) is 25.7 Å². The van der Waals surface area contributed by atoms with Gasteiger partial charge in [-0.2, -0.15) is 0 Å². The van der Waals surface area contributed by atoms with Crippen molar-refractivity contribution in [1.29, 1.82) is 0 Å². The molecule has 0 rings (SSSR count). The number of allylic oxidation sites excluding steroid dienone is 4. The van der Waals surface area contributed by atoms with E-state index in [1.54, 1.807) is 0 Å². The molecule has 0 amide bonds. The molecule has 0 saturated carbocycles. The number of hydrogen-bond donors (Lipinski definition) is 3. The van der Waals surface area contributed by atoms with Crippen LogP contribution in [0, 0.1) is 17.8 Å². The Morgan fingerprint density at radius 2 is 0.587 bits per heavy atom. The number of unbranched alkanes of at least 4 members (excludes halogenated alkanes) is 34. The molecule has 0 aromatic heterocycles. The molecule has 0 fully saturated rings. The van der Waals surface area contributed by atoms with Crippen LogP contribution in [-0.4, -0.2) is 96.7 Å². The highest BCUT2D eigenvalue weighted by Gasteiger charge is 2.30. The number of phosphoric ester groups is 2. The Kier molecular flexibility index (Phi) is 61.6. The number of carbonyl (C=O) groups is 4. The molecule has 0 aromatic rings. The van der Waals surface area contributed by atoms with Gasteiger partial charge in [-0.3, -0.25) is 37.3 Å². The molecule has 0 saturated heterocycles. The molecule has 0 aliphatic heterocycles. The third-order valence-corrected chi connectivity index (χ3v) is 18.2. The second kappa shape index (κ2) is 63.3. The SMILES string of the molecule is CCCCCC/C=C\C=C/CCCCCCCC(=O)OC[C@H](COP(=O)(O)OCC(O)COP(=O)(O)OC[C@@H](COC(=O)CCCCCCCCCC(C)C)OC(=O)CCCCCCCCCC(C)C)OC(=O)CCCCCCCCCCCCCCCCC(C)C. The third-order valence-electron chi connectivity index (χ3n) is 16.3. The number of aliphatic hydroxyl groups excluding tert-OH is 1. The summed E-state index contributed by atoms with van der Waals surface area (Å²) in [7, 11) is -9.92. The Balaban J connectivity index is 5.27. The summed E-state index contributed by atoms with van der Waals surface area (Å²) in [5.74, 6) is 0.0344. The lowest BCUT2D eigenvalue weighted by Crippen LogP contribution is -2.30. The van der Waals surface area contributed by atoms with E-state index in [0.29, 0.717) is 37.5 Å². The number of esters is 4. The summed E-state index contributed by atoms with van der Waals surface area (Å²) in [4.78, 5) is 72.6. The summed E-state index contributed by atoms with van der Waals surface area (Å²) >= 11 is 0. The van der Waals surface area contributed by atoms with Crippen LogP contribution in [0.1, 0.15) is 344 Å². The molecule has 17 nitrogen and oxygen atoms in total. The molecule has 542 valence electrons. The van der Waals surface area contributed by atoms with E-state index in [1.807, 2.05) is 0 Å². The summed E-state index contributed by atoms with van der Waals surface area (Å²) < 4.78 is 68.3. The number of carbonyl (C=O) groups excluding carboxylic acids is 4. The highest BCUT2D eigenvalue weighted by Crippen LogP contribution is 2.45. The highest BCUT2D eigenvalue weighted by molar-refractivity contribution is 7.47. The molecular formula is C73H138O17P2. The van der Waals surface area contributed by atoms with Crippen molar-refractivity contribution >= 4 is 39.5 Å². The first-order valence-electron chi connectivity index (χ1n) is 37.2. The Morgan fingerprint density at radius 3 is 0.880 bits per heavy atom. The molecule has 0 radical (unpaired) electrons. The van der Waals surface area contributed by atoms with Gasteiger partial charge in [0.1, 0.15) is 19.3 Å². The Hall–Kier alpha value is -2.46. The van der Waals surface area contributed by atoms with E-state index in [2.05, 4.69) is 72.8 Å². The Morgan fingerprint density at radius 1 is 0.337 bits per heavy atom. The van der Waals surface area contributed by atoms with E-state index in [-0.39, 0.29) is 25.7 Å². The van der Waals surface area contributed by atoms with Crippen molar-refractivity contribution in [2.24, 2.45) is 17.8 Å². The Bertz CT molecular complexity index is 1890. The van der Waals surface area contributed by atoms with E-state index in [9.17, 15) is 43.2 Å². The van der Waals surface area contributed by atoms with E-state index in [0.717, 1.165) is 121 Å². The van der Waals surface area contributed by atoms with Crippen LogP contribution in [0.5, 0.6) is 0 Å². The molecule has 0 aliphatic carbocycles. The van der Waals surface area contributed by atoms with Gasteiger partial charge < -0.3 is 33.8 Å². The molecular weight excluding hydrogens is 1210 g/mol. The minimum absolute atomic E-state index is 0.1000. The predicted molar refractivity (Wildman–Crippen MR) is 372 cm³/mol. The predicted octanol–water partition coefficient (Wildman–Crippen LogP) is 20.6. The van der Waals surface area contributed by atoms with Crippen LogP contribution >= 0.6 is 15.6 Å². The van der Waals surface area contributed by atoms with Gasteiger partial charge in [0.2, 0.25) is 0 Å². The van der Waals surface area contributed by atoms with Crippen molar-refractivity contribution in [3.05, 3.63) is 24.3 Å². The maximum atomic E-state index is 13.0. The van der Waals surface area contributed by atoms with Crippen LogP contribution < -0.4 is 0 Å². The van der Waals surface area contributed by atoms with Crippen molar-refractivity contribution in [1.82, 2.24) is 0 Å². The van der Waals surface area contributed by atoms with Crippen molar-refractivity contribution in [3.63, 3.8) is 0 Å². The van der Waals surface area contributed by atoms with E-state index in [4.69, 9.17) is 37.0 Å². The maximum absolute atomic E-state index is 13.0. The number of rotatable bonds is 69. The van der Waals surface area contributed by atoms with Crippen LogP contribution in [0.25, 0.3) is 0 Å². The average molecular weight is 1350 g/mol. The van der Waals surface area contributed by atoms with Crippen molar-refractivity contribution in [3.8, 4) is 0 Å². The van der Waals surface area contributed by atoms with Gasteiger partial charge >= 0.3 is 39.5 Å². The van der Waals surface area contributed by atoms with Gasteiger partial charge in [-0.1, -0.05) is 291 Å². The molecule has 19 heteroatoms. The van der Waals surface area contributed by atoms with Crippen molar-refractivity contribution in [2.45, 2.75) is 362 Å². The van der Waals surface area contributed by atoms with Gasteiger partial charge in [-0.05, 0) is 69.1 Å². The van der Waals surface area contributed by atoms with Crippen LogP contribution in [-0.2, 0) is 65.4 Å². The fourth-order valence-corrected chi connectivity index (χ4v) is 12.1. The van der Waals surface area contributed by atoms with Gasteiger partial charge in [0.15, 0.2) is 12.2 Å². The van der Waals surface area contributed by atoms with Gasteiger partial charge in [-0.25, -0.2) is 9.13 Å². The first-order chi connectivity index (χ1) is 44.2. The molecule has 92 heavy (non-hydrogen) atoms. The monoisotopic (exact) mass is 1350 g/mol. The quantitative estimate of drug-likeness (QED) is 0.0169. The zero-order valence-corrected chi connectivity index (χ0v) is 61.3. The van der Waals surface area contributed by atoms with Crippen LogP contribution in [0.2, 0.25) is 0 Å². The molecule has 0 heterocycles. The largest absolute Gasteiger partial charge is 0.472 e. The second-order valence-corrected chi connectivity index (χ2v) is 30.0. The Labute approximate surface area is 561 Å². The zero-order valence-electron chi connectivity index (χ0n) is 59.5. The molecule has 0 aromatic carbocycles. The molecule has 0 bridgehead atoms. The zero-order chi connectivity index (χ0) is 68.0. The van der Waals surface area contributed by atoms with Crippen LogP contribution in [0.15, 0.2) is 24.3 Å². The first kappa shape index (κ1) is 89.5. The minimum atomic E-state index is -4.96. The summed E-state index contributed by atoms with van der Waals surface area (Å²) in [6.45, 7) is 11.7. The molecule has 3 N–H and O–H groups in total. The topological polar surface area (TPSA) is 237 Å². The first-order valence-corrected chi connectivity index (χ1v) is 40.2. The lowest BCUT2D eigenvalue weighted by molar-refractivity contribution is -0.161. The maximum Gasteiger partial charge on any atom is 0.472 e. The minimum Gasteiger partial charge on any atom is -0.462 e. The van der Waals surface area contributed by atoms with Crippen molar-refractivity contribution in [2.75, 3.05) is 39.6 Å². The van der Waals surface area contributed by atoms with E-state index in [1.165, 1.54) is 128 Å². The summed E-state index contributed by atoms with van der Waals surface area (Å²) in [6.07, 6.45) is 51.0. The number of aliphatic hydroxyl groups is 1. The van der Waals surface area contributed by atoms with Crippen LogP contribution in [0.4, 0.5) is 0 Å². The number of ether oxygens (including phenoxy) is 4. The normalized spacial score (nSPS) is 14.3. The number of phosphoric acid groups is 2. The standard InChI is InChI=1S/C73H138O17P2/c1-8-9-10-11-12-13-14-15-16-20-23-26-33-40-47-54-70(75)83-60-68(89-72(77)56-49-42-34-27-24-21-18-17-19-22-25-30-37-44-51-64(2)3)62-87-91(79,80)85-58-67(74)59-86-92(81,82)88-63-69(90-73(78)57-50-43-36-29-32-39-46-53-66(6)7)61-84-71(76)55-48-41-35-28-31-38-45-52-65(4)5/h13-16,64-69,74H,8-12,17-63H2,1-7H3,(H,79,80)(H,81,82)/b14-13-,16-15-/t67?,68-,69-/m1/s1. The summed E-state index contributed by atoms with van der Waals surface area (Å²) in [6, 6.07) is 0. The van der Waals surface area contributed by atoms with Gasteiger partial charge in [0.05, 0.1) is 26.4 Å². The lowest BCUT2D eigenvalue weighted by Gasteiger charge is -2.21. The number of hydrogen-bond acceptors (Lipinski definition) is 15. The van der Waals surface area contributed by atoms with E-state index < -0.39 is 97.5 Å². The van der Waals surface area contributed by atoms with Crippen LogP contribution in [0.3, 0.4) is 0 Å². The smallest absolute Gasteiger partial charge is 0.462 e.